The molecule has 0 aliphatic rings. The summed E-state index contributed by atoms with van der Waals surface area (Å²) in [7, 11) is 0. The highest BCUT2D eigenvalue weighted by molar-refractivity contribution is 6.31. The Bertz CT molecular complexity index is 591. The van der Waals surface area contributed by atoms with Gasteiger partial charge in [-0.05, 0) is 37.3 Å². The largest absolute Gasteiger partial charge is 0.493 e. The molecule has 0 atom stereocenters. The molecule has 0 amide bonds. The van der Waals surface area contributed by atoms with Crippen molar-refractivity contribution in [2.75, 3.05) is 6.61 Å². The molecule has 2 aromatic rings. The van der Waals surface area contributed by atoms with Crippen molar-refractivity contribution in [3.8, 4) is 5.75 Å². The topological polar surface area (TPSA) is 26.3 Å². The Hall–Kier alpha value is -1.87. The zero-order chi connectivity index (χ0) is 13.8. The minimum absolute atomic E-state index is 0.192. The standard InChI is InChI=1S/C15H12ClFO2/c1-2-19-14-6-4-3-5-13(14)15(18)10-7-11(16)9-12(17)8-10/h3-9H,2H2,1H3. The van der Waals surface area contributed by atoms with Crippen LogP contribution in [0.5, 0.6) is 5.75 Å². The maximum absolute atomic E-state index is 13.3. The van der Waals surface area contributed by atoms with Crippen LogP contribution in [0.1, 0.15) is 22.8 Å². The first-order valence-corrected chi connectivity index (χ1v) is 6.22. The van der Waals surface area contributed by atoms with E-state index in [0.717, 1.165) is 12.1 Å². The Morgan fingerprint density at radius 3 is 2.68 bits per heavy atom. The van der Waals surface area contributed by atoms with Gasteiger partial charge < -0.3 is 4.74 Å². The van der Waals surface area contributed by atoms with Crippen molar-refractivity contribution in [1.82, 2.24) is 0 Å². The molecule has 0 saturated heterocycles. The molecule has 0 radical (unpaired) electrons. The van der Waals surface area contributed by atoms with Crippen molar-refractivity contribution in [3.63, 3.8) is 0 Å². The first-order valence-electron chi connectivity index (χ1n) is 5.84. The summed E-state index contributed by atoms with van der Waals surface area (Å²) in [4.78, 5) is 12.3. The van der Waals surface area contributed by atoms with Gasteiger partial charge in [-0.25, -0.2) is 4.39 Å². The lowest BCUT2D eigenvalue weighted by Crippen LogP contribution is -2.05. The van der Waals surface area contributed by atoms with Crippen molar-refractivity contribution in [2.24, 2.45) is 0 Å². The fraction of sp³-hybridized carbons (Fsp3) is 0.133. The number of hydrogen-bond donors (Lipinski definition) is 0. The van der Waals surface area contributed by atoms with Gasteiger partial charge in [0.15, 0.2) is 5.78 Å². The molecular weight excluding hydrogens is 267 g/mol. The summed E-state index contributed by atoms with van der Waals surface area (Å²) in [5.74, 6) is -0.370. The molecular formula is C15H12ClFO2. The molecule has 2 aromatic carbocycles. The van der Waals surface area contributed by atoms with Crippen LogP contribution < -0.4 is 4.74 Å². The van der Waals surface area contributed by atoms with Crippen molar-refractivity contribution >= 4 is 17.4 Å². The van der Waals surface area contributed by atoms with Gasteiger partial charge in [0, 0.05) is 10.6 Å². The smallest absolute Gasteiger partial charge is 0.196 e. The summed E-state index contributed by atoms with van der Waals surface area (Å²) in [6.45, 7) is 2.29. The van der Waals surface area contributed by atoms with E-state index in [4.69, 9.17) is 16.3 Å². The number of para-hydroxylation sites is 1. The highest BCUT2D eigenvalue weighted by Crippen LogP contribution is 2.23. The number of hydrogen-bond acceptors (Lipinski definition) is 2. The molecule has 0 spiro atoms. The molecule has 2 nitrogen and oxygen atoms in total. The van der Waals surface area contributed by atoms with Crippen LogP contribution >= 0.6 is 11.6 Å². The molecule has 98 valence electrons. The average molecular weight is 279 g/mol. The second-order valence-corrected chi connectivity index (χ2v) is 4.35. The Labute approximate surface area is 115 Å². The van der Waals surface area contributed by atoms with Gasteiger partial charge in [0.1, 0.15) is 11.6 Å². The third-order valence-electron chi connectivity index (χ3n) is 2.56. The van der Waals surface area contributed by atoms with Crippen molar-refractivity contribution in [2.45, 2.75) is 6.92 Å². The average Bonchev–Trinajstić information content (AvgIpc) is 2.38. The van der Waals surface area contributed by atoms with E-state index in [1.807, 2.05) is 6.92 Å². The molecule has 19 heavy (non-hydrogen) atoms. The number of rotatable bonds is 4. The van der Waals surface area contributed by atoms with Gasteiger partial charge in [0.05, 0.1) is 12.2 Å². The fourth-order valence-electron chi connectivity index (χ4n) is 1.78. The predicted octanol–water partition coefficient (Wildman–Crippen LogP) is 4.11. The van der Waals surface area contributed by atoms with E-state index in [-0.39, 0.29) is 16.4 Å². The lowest BCUT2D eigenvalue weighted by molar-refractivity contribution is 0.103. The van der Waals surface area contributed by atoms with Crippen LogP contribution in [-0.4, -0.2) is 12.4 Å². The molecule has 0 aliphatic carbocycles. The number of carbonyl (C=O) groups excluding carboxylic acids is 1. The number of benzene rings is 2. The van der Waals surface area contributed by atoms with Crippen LogP contribution in [-0.2, 0) is 0 Å². The Balaban J connectivity index is 2.44. The first kappa shape index (κ1) is 13.6. The van der Waals surface area contributed by atoms with E-state index in [0.29, 0.717) is 17.9 Å². The fourth-order valence-corrected chi connectivity index (χ4v) is 2.00. The molecule has 0 heterocycles. The van der Waals surface area contributed by atoms with Crippen LogP contribution in [0.25, 0.3) is 0 Å². The van der Waals surface area contributed by atoms with Crippen LogP contribution in [0.2, 0.25) is 5.02 Å². The third-order valence-corrected chi connectivity index (χ3v) is 2.77. The zero-order valence-corrected chi connectivity index (χ0v) is 11.1. The maximum Gasteiger partial charge on any atom is 0.196 e. The maximum atomic E-state index is 13.3. The molecule has 0 saturated carbocycles. The minimum Gasteiger partial charge on any atom is -0.493 e. The summed E-state index contributed by atoms with van der Waals surface area (Å²) in [5, 5.41) is 0.192. The van der Waals surface area contributed by atoms with Crippen LogP contribution in [0, 0.1) is 5.82 Å². The summed E-state index contributed by atoms with van der Waals surface area (Å²) in [5.41, 5.74) is 0.600. The van der Waals surface area contributed by atoms with E-state index >= 15 is 0 Å². The lowest BCUT2D eigenvalue weighted by atomic mass is 10.0. The van der Waals surface area contributed by atoms with Gasteiger partial charge in [0.2, 0.25) is 0 Å². The normalized spacial score (nSPS) is 10.3. The lowest BCUT2D eigenvalue weighted by Gasteiger charge is -2.09. The van der Waals surface area contributed by atoms with Crippen molar-refractivity contribution in [1.29, 1.82) is 0 Å². The zero-order valence-electron chi connectivity index (χ0n) is 10.3. The molecule has 0 aliphatic heterocycles. The Kier molecular flexibility index (Phi) is 4.17. The van der Waals surface area contributed by atoms with Gasteiger partial charge in [-0.3, -0.25) is 4.79 Å². The van der Waals surface area contributed by atoms with E-state index in [1.54, 1.807) is 24.3 Å². The first-order chi connectivity index (χ1) is 9.11. The summed E-state index contributed by atoms with van der Waals surface area (Å²) < 4.78 is 18.7. The molecule has 2 rings (SSSR count). The molecule has 0 unspecified atom stereocenters. The monoisotopic (exact) mass is 278 g/mol. The second-order valence-electron chi connectivity index (χ2n) is 3.92. The number of halogens is 2. The molecule has 4 heteroatoms. The Morgan fingerprint density at radius 1 is 1.26 bits per heavy atom. The highest BCUT2D eigenvalue weighted by Gasteiger charge is 2.15. The SMILES string of the molecule is CCOc1ccccc1C(=O)c1cc(F)cc(Cl)c1. The van der Waals surface area contributed by atoms with E-state index in [1.165, 1.54) is 6.07 Å². The molecule has 0 aromatic heterocycles. The van der Waals surface area contributed by atoms with Crippen LogP contribution in [0.15, 0.2) is 42.5 Å². The molecule has 0 fully saturated rings. The molecule has 0 bridgehead atoms. The van der Waals surface area contributed by atoms with Crippen LogP contribution in [0.4, 0.5) is 4.39 Å². The molecule has 0 N–H and O–H groups in total. The summed E-state index contributed by atoms with van der Waals surface area (Å²) in [6, 6.07) is 10.6. The van der Waals surface area contributed by atoms with Crippen molar-refractivity contribution < 1.29 is 13.9 Å². The quantitative estimate of drug-likeness (QED) is 0.787. The van der Waals surface area contributed by atoms with Crippen molar-refractivity contribution in [3.05, 3.63) is 64.4 Å². The highest BCUT2D eigenvalue weighted by atomic mass is 35.5. The second kappa shape index (κ2) is 5.85. The minimum atomic E-state index is -0.537. The van der Waals surface area contributed by atoms with Gasteiger partial charge in [0.25, 0.3) is 0 Å². The van der Waals surface area contributed by atoms with Gasteiger partial charge in [-0.1, -0.05) is 23.7 Å². The Morgan fingerprint density at radius 2 is 2.00 bits per heavy atom. The van der Waals surface area contributed by atoms with Crippen LogP contribution in [0.3, 0.4) is 0 Å². The summed E-state index contributed by atoms with van der Waals surface area (Å²) >= 11 is 5.76. The number of ketones is 1. The number of carbonyl (C=O) groups is 1. The third kappa shape index (κ3) is 3.12. The van der Waals surface area contributed by atoms with Gasteiger partial charge >= 0.3 is 0 Å². The number of ether oxygens (including phenoxy) is 1. The van der Waals surface area contributed by atoms with E-state index in [2.05, 4.69) is 0 Å². The summed E-state index contributed by atoms with van der Waals surface area (Å²) in [6.07, 6.45) is 0. The van der Waals surface area contributed by atoms with Gasteiger partial charge in [-0.15, -0.1) is 0 Å². The predicted molar refractivity (Wildman–Crippen MR) is 72.5 cm³/mol. The van der Waals surface area contributed by atoms with E-state index < -0.39 is 5.82 Å². The van der Waals surface area contributed by atoms with E-state index in [9.17, 15) is 9.18 Å². The van der Waals surface area contributed by atoms with Gasteiger partial charge in [-0.2, -0.15) is 0 Å².